The number of carbonyl (C=O) groups is 1. The van der Waals surface area contributed by atoms with Crippen LogP contribution in [-0.4, -0.2) is 47.9 Å². The first-order chi connectivity index (χ1) is 9.33. The molecule has 6 nitrogen and oxygen atoms in total. The maximum absolute atomic E-state index is 11.5. The van der Waals surface area contributed by atoms with E-state index in [-0.39, 0.29) is 11.3 Å². The molecular formula is C14H24N4O2. The Morgan fingerprint density at radius 1 is 1.50 bits per heavy atom. The SMILES string of the molecule is Cc1oc(C(=O)NN)cc1CN1CCN(C)C(C)(C)C1. The van der Waals surface area contributed by atoms with Crippen molar-refractivity contribution in [2.45, 2.75) is 32.9 Å². The van der Waals surface area contributed by atoms with E-state index in [1.807, 2.05) is 6.92 Å². The van der Waals surface area contributed by atoms with E-state index in [1.54, 1.807) is 6.07 Å². The quantitative estimate of drug-likeness (QED) is 0.485. The Hall–Kier alpha value is -1.37. The second-order valence-electron chi connectivity index (χ2n) is 6.11. The maximum Gasteiger partial charge on any atom is 0.300 e. The molecule has 0 atom stereocenters. The molecule has 0 spiro atoms. The number of amides is 1. The summed E-state index contributed by atoms with van der Waals surface area (Å²) < 4.78 is 5.45. The van der Waals surface area contributed by atoms with Gasteiger partial charge in [0.25, 0.3) is 0 Å². The zero-order chi connectivity index (χ0) is 14.9. The molecule has 0 aromatic carbocycles. The van der Waals surface area contributed by atoms with Gasteiger partial charge in [0.05, 0.1) is 0 Å². The molecule has 1 aromatic heterocycles. The molecule has 0 aliphatic carbocycles. The van der Waals surface area contributed by atoms with Crippen molar-refractivity contribution in [3.63, 3.8) is 0 Å². The van der Waals surface area contributed by atoms with Gasteiger partial charge in [-0.15, -0.1) is 0 Å². The fourth-order valence-electron chi connectivity index (χ4n) is 2.58. The van der Waals surface area contributed by atoms with Crippen LogP contribution in [0.2, 0.25) is 0 Å². The van der Waals surface area contributed by atoms with Crippen LogP contribution in [0.15, 0.2) is 10.5 Å². The topological polar surface area (TPSA) is 74.7 Å². The monoisotopic (exact) mass is 280 g/mol. The average Bonchev–Trinajstić information content (AvgIpc) is 2.74. The molecule has 3 N–H and O–H groups in total. The van der Waals surface area contributed by atoms with Gasteiger partial charge in [-0.2, -0.15) is 0 Å². The summed E-state index contributed by atoms with van der Waals surface area (Å²) in [7, 11) is 2.16. The van der Waals surface area contributed by atoms with Gasteiger partial charge in [-0.1, -0.05) is 0 Å². The Kier molecular flexibility index (Phi) is 4.17. The van der Waals surface area contributed by atoms with E-state index in [9.17, 15) is 4.79 Å². The van der Waals surface area contributed by atoms with Crippen LogP contribution < -0.4 is 11.3 Å². The van der Waals surface area contributed by atoms with Crippen molar-refractivity contribution < 1.29 is 9.21 Å². The van der Waals surface area contributed by atoms with Gasteiger partial charge in [0.15, 0.2) is 5.76 Å². The van der Waals surface area contributed by atoms with Gasteiger partial charge in [-0.05, 0) is 33.9 Å². The lowest BCUT2D eigenvalue weighted by molar-refractivity contribution is 0.0358. The zero-order valence-electron chi connectivity index (χ0n) is 12.7. The molecule has 0 radical (unpaired) electrons. The van der Waals surface area contributed by atoms with Crippen molar-refractivity contribution in [2.75, 3.05) is 26.7 Å². The van der Waals surface area contributed by atoms with Crippen LogP contribution in [0.3, 0.4) is 0 Å². The molecule has 0 unspecified atom stereocenters. The van der Waals surface area contributed by atoms with Crippen molar-refractivity contribution >= 4 is 5.91 Å². The molecule has 0 saturated carbocycles. The number of nitrogens with one attached hydrogen (secondary N) is 1. The molecule has 0 bridgehead atoms. The lowest BCUT2D eigenvalue weighted by Gasteiger charge is -2.45. The summed E-state index contributed by atoms with van der Waals surface area (Å²) >= 11 is 0. The van der Waals surface area contributed by atoms with Crippen molar-refractivity contribution in [1.82, 2.24) is 15.2 Å². The lowest BCUT2D eigenvalue weighted by Crippen LogP contribution is -2.57. The Morgan fingerprint density at radius 2 is 2.20 bits per heavy atom. The summed E-state index contributed by atoms with van der Waals surface area (Å²) in [5.41, 5.74) is 3.30. The number of nitrogen functional groups attached to an aromatic ring is 1. The summed E-state index contributed by atoms with van der Waals surface area (Å²) in [4.78, 5) is 16.2. The normalized spacial score (nSPS) is 20.1. The van der Waals surface area contributed by atoms with Crippen LogP contribution in [0, 0.1) is 6.92 Å². The number of hydrogen-bond donors (Lipinski definition) is 2. The largest absolute Gasteiger partial charge is 0.456 e. The standard InChI is InChI=1S/C14H24N4O2/c1-10-11(7-12(20-10)13(19)16-15)8-18-6-5-17(4)14(2,3)9-18/h7H,5-6,8-9,15H2,1-4H3,(H,16,19). The summed E-state index contributed by atoms with van der Waals surface area (Å²) in [5, 5.41) is 0. The third-order valence-electron chi connectivity index (χ3n) is 4.16. The van der Waals surface area contributed by atoms with Crippen LogP contribution in [0.4, 0.5) is 0 Å². The maximum atomic E-state index is 11.5. The number of rotatable bonds is 3. The first-order valence-electron chi connectivity index (χ1n) is 6.87. The molecule has 2 heterocycles. The van der Waals surface area contributed by atoms with Gasteiger partial charge in [0.1, 0.15) is 5.76 Å². The summed E-state index contributed by atoms with van der Waals surface area (Å²) in [6.07, 6.45) is 0. The first kappa shape index (κ1) is 15.0. The smallest absolute Gasteiger partial charge is 0.300 e. The van der Waals surface area contributed by atoms with Gasteiger partial charge in [-0.3, -0.25) is 20.0 Å². The van der Waals surface area contributed by atoms with E-state index in [1.165, 1.54) is 0 Å². The molecule has 1 fully saturated rings. The first-order valence-corrected chi connectivity index (χ1v) is 6.87. The zero-order valence-corrected chi connectivity index (χ0v) is 12.7. The minimum Gasteiger partial charge on any atom is -0.456 e. The third-order valence-corrected chi connectivity index (χ3v) is 4.16. The van der Waals surface area contributed by atoms with Crippen LogP contribution in [0.1, 0.15) is 35.7 Å². The Morgan fingerprint density at radius 3 is 2.80 bits per heavy atom. The van der Waals surface area contributed by atoms with Gasteiger partial charge in [0, 0.05) is 37.3 Å². The Bertz CT molecular complexity index is 495. The highest BCUT2D eigenvalue weighted by atomic mass is 16.4. The number of nitrogens with two attached hydrogens (primary N) is 1. The number of furan rings is 1. The summed E-state index contributed by atoms with van der Waals surface area (Å²) in [6.45, 7) is 10.2. The highest BCUT2D eigenvalue weighted by Gasteiger charge is 2.31. The minimum atomic E-state index is -0.391. The third kappa shape index (κ3) is 3.03. The highest BCUT2D eigenvalue weighted by Crippen LogP contribution is 2.22. The number of carbonyl (C=O) groups excluding carboxylic acids is 1. The van der Waals surface area contributed by atoms with Gasteiger partial charge in [-0.25, -0.2) is 5.84 Å². The van der Waals surface area contributed by atoms with Crippen molar-refractivity contribution in [3.8, 4) is 0 Å². The average molecular weight is 280 g/mol. The Balaban J connectivity index is 2.07. The van der Waals surface area contributed by atoms with Crippen LogP contribution >= 0.6 is 0 Å². The van der Waals surface area contributed by atoms with Crippen molar-refractivity contribution in [2.24, 2.45) is 5.84 Å². The van der Waals surface area contributed by atoms with E-state index in [0.717, 1.165) is 37.5 Å². The molecule has 1 aromatic rings. The van der Waals surface area contributed by atoms with Crippen LogP contribution in [0.5, 0.6) is 0 Å². The summed E-state index contributed by atoms with van der Waals surface area (Å²) in [5.74, 6) is 5.78. The van der Waals surface area contributed by atoms with Gasteiger partial charge in [0.2, 0.25) is 0 Å². The fourth-order valence-corrected chi connectivity index (χ4v) is 2.58. The van der Waals surface area contributed by atoms with Crippen molar-refractivity contribution in [3.05, 3.63) is 23.2 Å². The number of nitrogens with zero attached hydrogens (tertiary/aromatic N) is 2. The van der Waals surface area contributed by atoms with Crippen molar-refractivity contribution in [1.29, 1.82) is 0 Å². The van der Waals surface area contributed by atoms with E-state index in [4.69, 9.17) is 10.3 Å². The number of hydrazine groups is 1. The lowest BCUT2D eigenvalue weighted by atomic mass is 9.99. The summed E-state index contributed by atoms with van der Waals surface area (Å²) in [6, 6.07) is 1.78. The minimum absolute atomic E-state index is 0.160. The molecular weight excluding hydrogens is 256 g/mol. The van der Waals surface area contributed by atoms with E-state index >= 15 is 0 Å². The molecule has 1 amide bonds. The molecule has 20 heavy (non-hydrogen) atoms. The number of aryl methyl sites for hydroxylation is 1. The molecule has 2 rings (SSSR count). The van der Waals surface area contributed by atoms with Crippen LogP contribution in [-0.2, 0) is 6.54 Å². The number of likely N-dealkylation sites (N-methyl/N-ethyl adjacent to an activating group) is 1. The Labute approximate surface area is 119 Å². The number of piperazine rings is 1. The molecule has 112 valence electrons. The molecule has 1 saturated heterocycles. The predicted octanol–water partition coefficient (Wildman–Crippen LogP) is 0.718. The van der Waals surface area contributed by atoms with Crippen LogP contribution in [0.25, 0.3) is 0 Å². The number of hydrogen-bond acceptors (Lipinski definition) is 5. The second-order valence-corrected chi connectivity index (χ2v) is 6.11. The molecule has 1 aliphatic heterocycles. The fraction of sp³-hybridized carbons (Fsp3) is 0.643. The highest BCUT2D eigenvalue weighted by molar-refractivity contribution is 5.91. The predicted molar refractivity (Wildman–Crippen MR) is 77.1 cm³/mol. The molecule has 6 heteroatoms. The van der Waals surface area contributed by atoms with E-state index < -0.39 is 5.91 Å². The van der Waals surface area contributed by atoms with E-state index in [0.29, 0.717) is 0 Å². The molecule has 1 aliphatic rings. The van der Waals surface area contributed by atoms with E-state index in [2.05, 4.69) is 36.1 Å². The van der Waals surface area contributed by atoms with Gasteiger partial charge < -0.3 is 4.42 Å². The second kappa shape index (κ2) is 5.55. The van der Waals surface area contributed by atoms with Gasteiger partial charge >= 0.3 is 5.91 Å².